The molecule has 0 radical (unpaired) electrons. The van der Waals surface area contributed by atoms with E-state index in [1.165, 1.54) is 11.8 Å². The van der Waals surface area contributed by atoms with E-state index >= 15 is 0 Å². The lowest BCUT2D eigenvalue weighted by Gasteiger charge is -2.07. The fraction of sp³-hybridized carbons (Fsp3) is 0.333. The Morgan fingerprint density at radius 1 is 1.58 bits per heavy atom. The van der Waals surface area contributed by atoms with Gasteiger partial charge in [-0.2, -0.15) is 0 Å². The first kappa shape index (κ1) is 14.2. The monoisotopic (exact) mass is 300 g/mol. The number of hydrogen-bond donors (Lipinski definition) is 1. The van der Waals surface area contributed by atoms with Crippen LogP contribution in [0.5, 0.6) is 0 Å². The van der Waals surface area contributed by atoms with Crippen LogP contribution in [0.15, 0.2) is 23.4 Å². The molecule has 2 rings (SSSR count). The highest BCUT2D eigenvalue weighted by Gasteiger charge is 2.14. The zero-order valence-corrected chi connectivity index (χ0v) is 11.9. The Bertz CT molecular complexity index is 600. The lowest BCUT2D eigenvalue weighted by molar-refractivity contribution is -0.133. The van der Waals surface area contributed by atoms with Crippen molar-refractivity contribution in [3.63, 3.8) is 0 Å². The second-order valence-corrected chi connectivity index (χ2v) is 5.18. The summed E-state index contributed by atoms with van der Waals surface area (Å²) in [6.45, 7) is 1.13. The molecule has 1 aromatic heterocycles. The Morgan fingerprint density at radius 3 is 3.05 bits per heavy atom. The third kappa shape index (κ3) is 3.20. The Labute approximate surface area is 119 Å². The number of thioether (sulfide) groups is 1. The van der Waals surface area contributed by atoms with Crippen LogP contribution in [-0.4, -0.2) is 40.1 Å². The number of ether oxygens (including phenoxy) is 1. The van der Waals surface area contributed by atoms with Gasteiger partial charge in [-0.3, -0.25) is 4.79 Å². The van der Waals surface area contributed by atoms with Gasteiger partial charge in [-0.1, -0.05) is 29.4 Å². The molecule has 1 N–H and O–H groups in total. The predicted octanol–water partition coefficient (Wildman–Crippen LogP) is 2.51. The predicted molar refractivity (Wildman–Crippen MR) is 75.0 cm³/mol. The van der Waals surface area contributed by atoms with Crippen molar-refractivity contribution in [1.82, 2.24) is 9.55 Å². The van der Waals surface area contributed by atoms with Crippen molar-refractivity contribution in [1.29, 1.82) is 0 Å². The summed E-state index contributed by atoms with van der Waals surface area (Å²) in [5.41, 5.74) is 1.57. The minimum absolute atomic E-state index is 0.0338. The molecule has 0 atom stereocenters. The first-order chi connectivity index (χ1) is 9.13. The number of carboxylic acids is 1. The van der Waals surface area contributed by atoms with E-state index in [2.05, 4.69) is 4.98 Å². The fourth-order valence-corrected chi connectivity index (χ4v) is 2.69. The standard InChI is InChI=1S/C12H13ClN2O3S/c1-18-6-5-15-9-4-2-3-8(13)11(9)14-12(15)19-7-10(16)17/h2-4H,5-7H2,1H3,(H,16,17). The average Bonchev–Trinajstić information content (AvgIpc) is 2.73. The molecule has 1 heterocycles. The molecule has 0 saturated heterocycles. The fourth-order valence-electron chi connectivity index (χ4n) is 1.73. The van der Waals surface area contributed by atoms with Crippen molar-refractivity contribution in [3.05, 3.63) is 23.2 Å². The molecule has 0 fully saturated rings. The van der Waals surface area contributed by atoms with Gasteiger partial charge in [0.25, 0.3) is 0 Å². The summed E-state index contributed by atoms with van der Waals surface area (Å²) in [6, 6.07) is 5.53. The van der Waals surface area contributed by atoms with Gasteiger partial charge in [-0.05, 0) is 12.1 Å². The zero-order valence-electron chi connectivity index (χ0n) is 10.3. The number of para-hydroxylation sites is 1. The Morgan fingerprint density at radius 2 is 2.37 bits per heavy atom. The van der Waals surface area contributed by atoms with Crippen LogP contribution in [0.1, 0.15) is 0 Å². The number of nitrogens with zero attached hydrogens (tertiary/aromatic N) is 2. The quantitative estimate of drug-likeness (QED) is 0.831. The number of methoxy groups -OCH3 is 1. The molecule has 0 unspecified atom stereocenters. The molecule has 0 aliphatic rings. The summed E-state index contributed by atoms with van der Waals surface area (Å²) >= 11 is 7.28. The number of fused-ring (bicyclic) bond motifs is 1. The molecule has 2 aromatic rings. The highest BCUT2D eigenvalue weighted by Crippen LogP contribution is 2.28. The molecule has 0 amide bonds. The minimum Gasteiger partial charge on any atom is -0.481 e. The highest BCUT2D eigenvalue weighted by atomic mass is 35.5. The Kier molecular flexibility index (Phi) is 4.68. The normalized spacial score (nSPS) is 11.1. The van der Waals surface area contributed by atoms with E-state index in [0.29, 0.717) is 28.8 Å². The average molecular weight is 301 g/mol. The van der Waals surface area contributed by atoms with E-state index in [9.17, 15) is 4.79 Å². The van der Waals surface area contributed by atoms with Crippen LogP contribution in [-0.2, 0) is 16.1 Å². The van der Waals surface area contributed by atoms with Crippen LogP contribution in [0, 0.1) is 0 Å². The second kappa shape index (κ2) is 6.27. The molecule has 0 aliphatic heterocycles. The zero-order chi connectivity index (χ0) is 13.8. The summed E-state index contributed by atoms with van der Waals surface area (Å²) in [7, 11) is 1.62. The molecular formula is C12H13ClN2O3S. The molecule has 0 spiro atoms. The van der Waals surface area contributed by atoms with Gasteiger partial charge in [0, 0.05) is 13.7 Å². The summed E-state index contributed by atoms with van der Waals surface area (Å²) in [4.78, 5) is 15.1. The number of halogens is 1. The van der Waals surface area contributed by atoms with Gasteiger partial charge in [-0.25, -0.2) is 4.98 Å². The topological polar surface area (TPSA) is 64.3 Å². The lowest BCUT2D eigenvalue weighted by atomic mass is 10.3. The molecular weight excluding hydrogens is 288 g/mol. The van der Waals surface area contributed by atoms with E-state index in [1.807, 2.05) is 16.7 Å². The van der Waals surface area contributed by atoms with Crippen molar-refractivity contribution in [2.24, 2.45) is 0 Å². The smallest absolute Gasteiger partial charge is 0.313 e. The maximum absolute atomic E-state index is 10.7. The molecule has 102 valence electrons. The van der Waals surface area contributed by atoms with Crippen molar-refractivity contribution >= 4 is 40.4 Å². The maximum Gasteiger partial charge on any atom is 0.313 e. The number of hydrogen-bond acceptors (Lipinski definition) is 4. The summed E-state index contributed by atoms with van der Waals surface area (Å²) in [5.74, 6) is -0.907. The maximum atomic E-state index is 10.7. The van der Waals surface area contributed by atoms with Gasteiger partial charge in [0.05, 0.1) is 22.9 Å². The number of aromatic nitrogens is 2. The third-order valence-electron chi connectivity index (χ3n) is 2.54. The van der Waals surface area contributed by atoms with Gasteiger partial charge in [-0.15, -0.1) is 0 Å². The number of benzene rings is 1. The molecule has 7 heteroatoms. The molecule has 1 aromatic carbocycles. The summed E-state index contributed by atoms with van der Waals surface area (Å²) in [6.07, 6.45) is 0. The lowest BCUT2D eigenvalue weighted by Crippen LogP contribution is -2.07. The van der Waals surface area contributed by atoms with E-state index in [1.54, 1.807) is 13.2 Å². The van der Waals surface area contributed by atoms with Gasteiger partial charge in [0.1, 0.15) is 5.52 Å². The van der Waals surface area contributed by atoms with E-state index in [0.717, 1.165) is 5.52 Å². The molecule has 0 saturated carbocycles. The number of carboxylic acid groups (broad SMARTS) is 1. The van der Waals surface area contributed by atoms with Crippen LogP contribution < -0.4 is 0 Å². The number of rotatable bonds is 6. The largest absolute Gasteiger partial charge is 0.481 e. The summed E-state index contributed by atoms with van der Waals surface area (Å²) < 4.78 is 7.00. The van der Waals surface area contributed by atoms with Gasteiger partial charge in [0.15, 0.2) is 5.16 Å². The molecule has 0 aliphatic carbocycles. The van der Waals surface area contributed by atoms with Crippen molar-refractivity contribution in [2.45, 2.75) is 11.7 Å². The number of aliphatic carboxylic acids is 1. The van der Waals surface area contributed by atoms with Gasteiger partial charge in [0.2, 0.25) is 0 Å². The minimum atomic E-state index is -0.874. The van der Waals surface area contributed by atoms with Crippen molar-refractivity contribution in [3.8, 4) is 0 Å². The third-order valence-corrected chi connectivity index (χ3v) is 3.80. The van der Waals surface area contributed by atoms with Crippen molar-refractivity contribution in [2.75, 3.05) is 19.5 Å². The van der Waals surface area contributed by atoms with Crippen LogP contribution in [0.25, 0.3) is 11.0 Å². The molecule has 19 heavy (non-hydrogen) atoms. The van der Waals surface area contributed by atoms with Crippen LogP contribution in [0.3, 0.4) is 0 Å². The summed E-state index contributed by atoms with van der Waals surface area (Å²) in [5, 5.41) is 9.96. The Balaban J connectivity index is 2.41. The van der Waals surface area contributed by atoms with Crippen LogP contribution in [0.4, 0.5) is 0 Å². The number of imidazole rings is 1. The number of carbonyl (C=O) groups is 1. The van der Waals surface area contributed by atoms with Crippen LogP contribution in [0.2, 0.25) is 5.02 Å². The second-order valence-electron chi connectivity index (χ2n) is 3.83. The first-order valence-corrected chi connectivity index (χ1v) is 6.98. The first-order valence-electron chi connectivity index (χ1n) is 5.61. The van der Waals surface area contributed by atoms with Gasteiger partial charge >= 0.3 is 5.97 Å². The Hall–Kier alpha value is -1.24. The highest BCUT2D eigenvalue weighted by molar-refractivity contribution is 7.99. The molecule has 0 bridgehead atoms. The van der Waals surface area contributed by atoms with E-state index in [-0.39, 0.29) is 5.75 Å². The molecule has 5 nitrogen and oxygen atoms in total. The van der Waals surface area contributed by atoms with Crippen LogP contribution >= 0.6 is 23.4 Å². The van der Waals surface area contributed by atoms with Gasteiger partial charge < -0.3 is 14.4 Å². The van der Waals surface area contributed by atoms with Crippen molar-refractivity contribution < 1.29 is 14.6 Å². The van der Waals surface area contributed by atoms with E-state index in [4.69, 9.17) is 21.4 Å². The SMILES string of the molecule is COCCn1c(SCC(=O)O)nc2c(Cl)cccc21. The van der Waals surface area contributed by atoms with E-state index < -0.39 is 5.97 Å².